The molecular weight excluding hydrogens is 292 g/mol. The van der Waals surface area contributed by atoms with Crippen LogP contribution in [0.15, 0.2) is 40.8 Å². The van der Waals surface area contributed by atoms with Crippen LogP contribution in [0, 0.1) is 0 Å². The number of nitrogens with one attached hydrogen (secondary N) is 1. The molecule has 0 spiro atoms. The third kappa shape index (κ3) is 3.93. The molecule has 0 saturated carbocycles. The predicted octanol–water partition coefficient (Wildman–Crippen LogP) is 2.56. The van der Waals surface area contributed by atoms with Crippen molar-refractivity contribution in [3.8, 4) is 0 Å². The molecule has 1 aromatic carbocycles. The van der Waals surface area contributed by atoms with Gasteiger partial charge in [0.1, 0.15) is 0 Å². The van der Waals surface area contributed by atoms with Gasteiger partial charge in [0.05, 0.1) is 0 Å². The fraction of sp³-hybridized carbons (Fsp3) is 0.389. The Labute approximate surface area is 135 Å². The molecule has 0 radical (unpaired) electrons. The zero-order valence-electron chi connectivity index (χ0n) is 13.1. The highest BCUT2D eigenvalue weighted by atomic mass is 16.4. The third-order valence-corrected chi connectivity index (χ3v) is 4.17. The average Bonchev–Trinajstić information content (AvgIpc) is 3.01. The van der Waals surface area contributed by atoms with Crippen molar-refractivity contribution in [1.29, 1.82) is 0 Å². The Hall–Kier alpha value is -2.27. The highest BCUT2D eigenvalue weighted by molar-refractivity contribution is 5.87. The summed E-state index contributed by atoms with van der Waals surface area (Å²) in [5.74, 6) is -0.216. The Balaban J connectivity index is 1.67. The van der Waals surface area contributed by atoms with E-state index in [2.05, 4.69) is 22.3 Å². The van der Waals surface area contributed by atoms with E-state index >= 15 is 0 Å². The van der Waals surface area contributed by atoms with Crippen LogP contribution in [0.1, 0.15) is 28.1 Å². The van der Waals surface area contributed by atoms with Gasteiger partial charge in [0, 0.05) is 37.8 Å². The van der Waals surface area contributed by atoms with Gasteiger partial charge in [0.15, 0.2) is 5.88 Å². The maximum atomic E-state index is 11.4. The summed E-state index contributed by atoms with van der Waals surface area (Å²) in [7, 11) is 0. The maximum absolute atomic E-state index is 11.4. The van der Waals surface area contributed by atoms with Crippen LogP contribution < -0.4 is 10.2 Å². The third-order valence-electron chi connectivity index (χ3n) is 4.17. The Morgan fingerprint density at radius 1 is 1.17 bits per heavy atom. The molecule has 5 heteroatoms. The van der Waals surface area contributed by atoms with Crippen LogP contribution in [0.3, 0.4) is 0 Å². The lowest BCUT2D eigenvalue weighted by Gasteiger charge is -2.26. The molecular formula is C18H22N2O3. The van der Waals surface area contributed by atoms with Crippen molar-refractivity contribution in [3.05, 3.63) is 53.3 Å². The van der Waals surface area contributed by atoms with Crippen LogP contribution in [0.4, 0.5) is 5.88 Å². The zero-order valence-corrected chi connectivity index (χ0v) is 13.1. The van der Waals surface area contributed by atoms with E-state index in [1.54, 1.807) is 0 Å². The van der Waals surface area contributed by atoms with Crippen molar-refractivity contribution in [2.45, 2.75) is 19.3 Å². The van der Waals surface area contributed by atoms with Gasteiger partial charge in [-0.15, -0.1) is 0 Å². The Morgan fingerprint density at radius 2 is 1.91 bits per heavy atom. The molecule has 0 amide bonds. The second-order valence-corrected chi connectivity index (χ2v) is 5.82. The first-order valence-electron chi connectivity index (χ1n) is 8.09. The molecule has 0 aliphatic carbocycles. The normalized spacial score (nSPS) is 14.9. The minimum Gasteiger partial charge on any atom is -0.475 e. The molecule has 2 heterocycles. The molecule has 1 aliphatic heterocycles. The van der Waals surface area contributed by atoms with E-state index < -0.39 is 5.97 Å². The van der Waals surface area contributed by atoms with Crippen molar-refractivity contribution in [2.24, 2.45) is 0 Å². The van der Waals surface area contributed by atoms with Crippen LogP contribution in [-0.4, -0.2) is 37.3 Å². The number of carbonyl (C=O) groups is 1. The number of aryl methyl sites for hydroxylation is 2. The van der Waals surface area contributed by atoms with Crippen molar-refractivity contribution in [2.75, 3.05) is 31.1 Å². The minimum absolute atomic E-state index is 0.0894. The molecule has 0 atom stereocenters. The molecule has 5 nitrogen and oxygen atoms in total. The summed E-state index contributed by atoms with van der Waals surface area (Å²) in [5.41, 5.74) is 2.07. The number of furan rings is 1. The molecule has 2 aromatic rings. The summed E-state index contributed by atoms with van der Waals surface area (Å²) in [6, 6.07) is 12.2. The van der Waals surface area contributed by atoms with Gasteiger partial charge in [0.25, 0.3) is 0 Å². The van der Waals surface area contributed by atoms with E-state index in [9.17, 15) is 9.90 Å². The van der Waals surface area contributed by atoms with Crippen molar-refractivity contribution < 1.29 is 14.3 Å². The first-order chi connectivity index (χ1) is 11.2. The number of benzene rings is 1. The standard InChI is InChI=1S/C18H22N2O3/c21-18(22)17-15(8-4-7-14-5-2-1-3-6-14)13-16(23-17)20-11-9-19-10-12-20/h1-3,5-6,13,19H,4,7-12H2,(H,21,22). The summed E-state index contributed by atoms with van der Waals surface area (Å²) in [6.45, 7) is 3.48. The van der Waals surface area contributed by atoms with Crippen LogP contribution in [-0.2, 0) is 12.8 Å². The molecule has 1 aromatic heterocycles. The summed E-state index contributed by atoms with van der Waals surface area (Å²) in [5, 5.41) is 12.7. The van der Waals surface area contributed by atoms with Gasteiger partial charge >= 0.3 is 5.97 Å². The number of carboxylic acids is 1. The number of aromatic carboxylic acids is 1. The van der Waals surface area contributed by atoms with E-state index in [1.807, 2.05) is 24.3 Å². The smallest absolute Gasteiger partial charge is 0.372 e. The van der Waals surface area contributed by atoms with Gasteiger partial charge in [-0.25, -0.2) is 4.79 Å². The minimum atomic E-state index is -0.985. The second kappa shape index (κ2) is 7.33. The first kappa shape index (κ1) is 15.6. The zero-order chi connectivity index (χ0) is 16.1. The number of carboxylic acid groups (broad SMARTS) is 1. The molecule has 23 heavy (non-hydrogen) atoms. The largest absolute Gasteiger partial charge is 0.475 e. The topological polar surface area (TPSA) is 65.7 Å². The maximum Gasteiger partial charge on any atom is 0.372 e. The van der Waals surface area contributed by atoms with Gasteiger partial charge in [-0.1, -0.05) is 30.3 Å². The van der Waals surface area contributed by atoms with Gasteiger partial charge in [0.2, 0.25) is 5.76 Å². The summed E-state index contributed by atoms with van der Waals surface area (Å²) >= 11 is 0. The predicted molar refractivity (Wildman–Crippen MR) is 89.2 cm³/mol. The Kier molecular flexibility index (Phi) is 4.98. The van der Waals surface area contributed by atoms with Crippen LogP contribution in [0.5, 0.6) is 0 Å². The number of anilines is 1. The molecule has 122 valence electrons. The monoisotopic (exact) mass is 314 g/mol. The van der Waals surface area contributed by atoms with Crippen LogP contribution in [0.25, 0.3) is 0 Å². The SMILES string of the molecule is O=C(O)c1oc(N2CCNCC2)cc1CCCc1ccccc1. The molecule has 0 unspecified atom stereocenters. The number of hydrogen-bond acceptors (Lipinski definition) is 4. The number of piperazine rings is 1. The van der Waals surface area contributed by atoms with E-state index in [-0.39, 0.29) is 5.76 Å². The molecule has 0 bridgehead atoms. The quantitative estimate of drug-likeness (QED) is 0.858. The number of rotatable bonds is 6. The highest BCUT2D eigenvalue weighted by Crippen LogP contribution is 2.25. The lowest BCUT2D eigenvalue weighted by molar-refractivity contribution is 0.0661. The summed E-state index contributed by atoms with van der Waals surface area (Å²) < 4.78 is 5.62. The first-order valence-corrected chi connectivity index (χ1v) is 8.09. The average molecular weight is 314 g/mol. The lowest BCUT2D eigenvalue weighted by Crippen LogP contribution is -2.43. The molecule has 1 fully saturated rings. The van der Waals surface area contributed by atoms with E-state index in [1.165, 1.54) is 5.56 Å². The van der Waals surface area contributed by atoms with Gasteiger partial charge in [-0.3, -0.25) is 0 Å². The Bertz CT molecular complexity index is 646. The fourth-order valence-electron chi connectivity index (χ4n) is 2.95. The fourth-order valence-corrected chi connectivity index (χ4v) is 2.95. The lowest BCUT2D eigenvalue weighted by atomic mass is 10.0. The molecule has 1 aliphatic rings. The van der Waals surface area contributed by atoms with Crippen molar-refractivity contribution in [1.82, 2.24) is 5.32 Å². The molecule has 3 rings (SSSR count). The summed E-state index contributed by atoms with van der Waals surface area (Å²) in [6.07, 6.45) is 2.56. The summed E-state index contributed by atoms with van der Waals surface area (Å²) in [4.78, 5) is 13.5. The van der Waals surface area contributed by atoms with Gasteiger partial charge < -0.3 is 19.7 Å². The van der Waals surface area contributed by atoms with E-state index in [4.69, 9.17) is 4.42 Å². The van der Waals surface area contributed by atoms with E-state index in [0.717, 1.165) is 44.6 Å². The van der Waals surface area contributed by atoms with Crippen LogP contribution >= 0.6 is 0 Å². The molecule has 2 N–H and O–H groups in total. The number of nitrogens with zero attached hydrogens (tertiary/aromatic N) is 1. The van der Waals surface area contributed by atoms with Crippen molar-refractivity contribution in [3.63, 3.8) is 0 Å². The van der Waals surface area contributed by atoms with E-state index in [0.29, 0.717) is 12.3 Å². The second-order valence-electron chi connectivity index (χ2n) is 5.82. The van der Waals surface area contributed by atoms with Crippen LogP contribution in [0.2, 0.25) is 0 Å². The van der Waals surface area contributed by atoms with Gasteiger partial charge in [-0.2, -0.15) is 0 Å². The van der Waals surface area contributed by atoms with Gasteiger partial charge in [-0.05, 0) is 24.8 Å². The Morgan fingerprint density at radius 3 is 2.61 bits per heavy atom. The number of hydrogen-bond donors (Lipinski definition) is 2. The van der Waals surface area contributed by atoms with Crippen molar-refractivity contribution >= 4 is 11.9 Å². The highest BCUT2D eigenvalue weighted by Gasteiger charge is 2.21. The molecule has 1 saturated heterocycles.